The molecule has 1 aromatic heterocycles. The number of likely N-dealkylation sites (N-methyl/N-ethyl adjacent to an activating group) is 1. The number of hydrogen-bond donors (Lipinski definition) is 0. The Bertz CT molecular complexity index is 557. The van der Waals surface area contributed by atoms with Crippen molar-refractivity contribution < 1.29 is 18.3 Å². The van der Waals surface area contributed by atoms with E-state index in [0.717, 1.165) is 49.1 Å². The first kappa shape index (κ1) is 16.7. The Labute approximate surface area is 138 Å². The van der Waals surface area contributed by atoms with Gasteiger partial charge in [0.15, 0.2) is 0 Å². The summed E-state index contributed by atoms with van der Waals surface area (Å²) in [6.45, 7) is 5.65. The molecule has 8 heteroatoms. The number of hydrogen-bond acceptors (Lipinski definition) is 6. The Morgan fingerprint density at radius 1 is 1.35 bits per heavy atom. The molecule has 0 spiro atoms. The summed E-state index contributed by atoms with van der Waals surface area (Å²) < 4.78 is 44.9. The van der Waals surface area contributed by atoms with Crippen LogP contribution >= 0.6 is 11.7 Å². The Balaban J connectivity index is 1.46. The Hall–Kier alpha value is -1.12. The molecule has 2 aliphatic rings. The van der Waals surface area contributed by atoms with E-state index in [1.54, 1.807) is 0 Å². The van der Waals surface area contributed by atoms with Crippen LogP contribution in [0, 0.1) is 0 Å². The molecule has 23 heavy (non-hydrogen) atoms. The average Bonchev–Trinajstić information content (AvgIpc) is 2.98. The molecule has 0 N–H and O–H groups in total. The smallest absolute Gasteiger partial charge is 0.253 e. The fourth-order valence-corrected chi connectivity index (χ4v) is 3.33. The number of halogens is 2. The van der Waals surface area contributed by atoms with E-state index in [4.69, 9.17) is 9.47 Å². The molecule has 0 saturated heterocycles. The minimum absolute atomic E-state index is 0.184. The van der Waals surface area contributed by atoms with Crippen LogP contribution in [0.4, 0.5) is 8.78 Å². The highest BCUT2D eigenvalue weighted by Crippen LogP contribution is 2.39. The van der Waals surface area contributed by atoms with E-state index in [-0.39, 0.29) is 25.6 Å². The maximum atomic E-state index is 12.7. The summed E-state index contributed by atoms with van der Waals surface area (Å²) in [6, 6.07) is 0. The summed E-state index contributed by atoms with van der Waals surface area (Å²) in [4.78, 5) is 2.35. The monoisotopic (exact) mass is 345 g/mol. The summed E-state index contributed by atoms with van der Waals surface area (Å²) in [6.07, 6.45) is 2.47. The molecule has 1 aromatic rings. The molecule has 1 fully saturated rings. The van der Waals surface area contributed by atoms with Gasteiger partial charge in [-0.2, -0.15) is 4.37 Å². The summed E-state index contributed by atoms with van der Waals surface area (Å²) in [5.74, 6) is -2.03. The van der Waals surface area contributed by atoms with Gasteiger partial charge in [0.1, 0.15) is 12.3 Å². The number of rotatable bonds is 7. The van der Waals surface area contributed by atoms with Crippen LogP contribution in [0.15, 0.2) is 6.08 Å². The van der Waals surface area contributed by atoms with Gasteiger partial charge in [-0.25, -0.2) is 8.78 Å². The lowest BCUT2D eigenvalue weighted by atomic mass is 9.91. The zero-order chi connectivity index (χ0) is 16.3. The van der Waals surface area contributed by atoms with Crippen molar-refractivity contribution in [2.45, 2.75) is 38.2 Å². The van der Waals surface area contributed by atoms with Gasteiger partial charge in [-0.15, -0.1) is 4.37 Å². The van der Waals surface area contributed by atoms with Gasteiger partial charge >= 0.3 is 0 Å². The van der Waals surface area contributed by atoms with Crippen LogP contribution < -0.4 is 4.74 Å². The molecule has 1 saturated carbocycles. The summed E-state index contributed by atoms with van der Waals surface area (Å²) in [5.41, 5.74) is 1.93. The van der Waals surface area contributed by atoms with Gasteiger partial charge in [0, 0.05) is 25.9 Å². The van der Waals surface area contributed by atoms with Crippen molar-refractivity contribution in [3.05, 3.63) is 11.8 Å². The highest BCUT2D eigenvalue weighted by atomic mass is 32.1. The predicted octanol–water partition coefficient (Wildman–Crippen LogP) is 2.84. The standard InChI is InChI=1S/C15H21F2N3O2S/c1-2-20-5-3-4-11(10-20)13-14(19-23-18-13)22-7-6-21-12-8-15(16,17)9-12/h4,12H,2-3,5-10H2,1H3. The van der Waals surface area contributed by atoms with Crippen molar-refractivity contribution in [1.29, 1.82) is 0 Å². The summed E-state index contributed by atoms with van der Waals surface area (Å²) in [5, 5.41) is 0. The predicted molar refractivity (Wildman–Crippen MR) is 84.0 cm³/mol. The maximum absolute atomic E-state index is 12.7. The van der Waals surface area contributed by atoms with Gasteiger partial charge < -0.3 is 9.47 Å². The number of nitrogens with zero attached hydrogens (tertiary/aromatic N) is 3. The molecule has 0 aromatic carbocycles. The molecule has 3 rings (SSSR count). The van der Waals surface area contributed by atoms with Gasteiger partial charge in [0.05, 0.1) is 24.4 Å². The topological polar surface area (TPSA) is 47.5 Å². The van der Waals surface area contributed by atoms with E-state index in [2.05, 4.69) is 26.6 Å². The van der Waals surface area contributed by atoms with Gasteiger partial charge in [-0.05, 0) is 18.5 Å². The number of aromatic nitrogens is 2. The van der Waals surface area contributed by atoms with Crippen LogP contribution in [-0.2, 0) is 4.74 Å². The minimum atomic E-state index is -2.55. The molecule has 1 aliphatic carbocycles. The maximum Gasteiger partial charge on any atom is 0.253 e. The zero-order valence-corrected chi connectivity index (χ0v) is 14.0. The fraction of sp³-hybridized carbons (Fsp3) is 0.733. The normalized spacial score (nSPS) is 21.8. The summed E-state index contributed by atoms with van der Waals surface area (Å²) >= 11 is 1.12. The minimum Gasteiger partial charge on any atom is -0.473 e. The fourth-order valence-electron chi connectivity index (χ4n) is 2.80. The van der Waals surface area contributed by atoms with E-state index < -0.39 is 5.92 Å². The van der Waals surface area contributed by atoms with Crippen LogP contribution in [0.3, 0.4) is 0 Å². The third-order valence-electron chi connectivity index (χ3n) is 4.17. The largest absolute Gasteiger partial charge is 0.473 e. The molecular weight excluding hydrogens is 324 g/mol. The molecule has 0 bridgehead atoms. The van der Waals surface area contributed by atoms with Gasteiger partial charge in [0.25, 0.3) is 11.8 Å². The second kappa shape index (κ2) is 7.19. The first-order chi connectivity index (χ1) is 11.1. The van der Waals surface area contributed by atoms with Gasteiger partial charge in [-0.3, -0.25) is 4.90 Å². The Morgan fingerprint density at radius 3 is 2.91 bits per heavy atom. The molecule has 128 valence electrons. The van der Waals surface area contributed by atoms with Crippen LogP contribution in [0.5, 0.6) is 5.88 Å². The molecule has 0 atom stereocenters. The van der Waals surface area contributed by atoms with E-state index in [0.29, 0.717) is 12.5 Å². The Kier molecular flexibility index (Phi) is 5.23. The van der Waals surface area contributed by atoms with E-state index in [1.165, 1.54) is 0 Å². The molecular formula is C15H21F2N3O2S. The van der Waals surface area contributed by atoms with Crippen LogP contribution in [0.25, 0.3) is 5.57 Å². The van der Waals surface area contributed by atoms with Gasteiger partial charge in [0.2, 0.25) is 0 Å². The lowest BCUT2D eigenvalue weighted by molar-refractivity contribution is -0.167. The highest BCUT2D eigenvalue weighted by molar-refractivity contribution is 6.99. The van der Waals surface area contributed by atoms with E-state index in [9.17, 15) is 8.78 Å². The lowest BCUT2D eigenvalue weighted by Crippen LogP contribution is -2.41. The van der Waals surface area contributed by atoms with Crippen molar-refractivity contribution in [3.63, 3.8) is 0 Å². The first-order valence-corrected chi connectivity index (χ1v) is 8.67. The molecule has 0 amide bonds. The van der Waals surface area contributed by atoms with Crippen molar-refractivity contribution in [2.24, 2.45) is 0 Å². The van der Waals surface area contributed by atoms with Crippen molar-refractivity contribution in [2.75, 3.05) is 32.8 Å². The third-order valence-corrected chi connectivity index (χ3v) is 4.68. The average molecular weight is 345 g/mol. The molecule has 1 aliphatic heterocycles. The first-order valence-electron chi connectivity index (χ1n) is 7.94. The molecule has 5 nitrogen and oxygen atoms in total. The van der Waals surface area contributed by atoms with Crippen LogP contribution in [0.1, 0.15) is 31.9 Å². The second-order valence-electron chi connectivity index (χ2n) is 5.91. The molecule has 0 radical (unpaired) electrons. The van der Waals surface area contributed by atoms with Crippen molar-refractivity contribution in [3.8, 4) is 5.88 Å². The van der Waals surface area contributed by atoms with Gasteiger partial charge in [-0.1, -0.05) is 13.0 Å². The highest BCUT2D eigenvalue weighted by Gasteiger charge is 2.45. The summed E-state index contributed by atoms with van der Waals surface area (Å²) in [7, 11) is 0. The van der Waals surface area contributed by atoms with E-state index >= 15 is 0 Å². The Morgan fingerprint density at radius 2 is 2.17 bits per heavy atom. The molecule has 0 unspecified atom stereocenters. The van der Waals surface area contributed by atoms with Crippen molar-refractivity contribution >= 4 is 17.3 Å². The second-order valence-corrected chi connectivity index (χ2v) is 6.44. The zero-order valence-electron chi connectivity index (χ0n) is 13.1. The van der Waals surface area contributed by atoms with Crippen LogP contribution in [0.2, 0.25) is 0 Å². The van der Waals surface area contributed by atoms with Crippen molar-refractivity contribution in [1.82, 2.24) is 13.6 Å². The molecule has 2 heterocycles. The third kappa shape index (κ3) is 4.24. The number of ether oxygens (including phenoxy) is 2. The van der Waals surface area contributed by atoms with Crippen LogP contribution in [-0.4, -0.2) is 58.5 Å². The SMILES string of the molecule is CCN1CCC=C(c2nsnc2OCCOC2CC(F)(F)C2)C1. The van der Waals surface area contributed by atoms with E-state index in [1.807, 2.05) is 0 Å². The number of alkyl halides is 2. The lowest BCUT2D eigenvalue weighted by Gasteiger charge is -2.34. The quantitative estimate of drug-likeness (QED) is 0.711.